The van der Waals surface area contributed by atoms with Gasteiger partial charge in [-0.05, 0) is 89.0 Å². The first kappa shape index (κ1) is 22.6. The van der Waals surface area contributed by atoms with E-state index in [0.717, 1.165) is 49.1 Å². The first-order valence-corrected chi connectivity index (χ1v) is 13.2. The fourth-order valence-corrected chi connectivity index (χ4v) is 5.95. The molecule has 0 amide bonds. The van der Waals surface area contributed by atoms with Gasteiger partial charge in [0.25, 0.3) is 0 Å². The molecule has 2 saturated heterocycles. The van der Waals surface area contributed by atoms with Crippen LogP contribution in [-0.2, 0) is 6.42 Å². The summed E-state index contributed by atoms with van der Waals surface area (Å²) in [5.74, 6) is 1.64. The molecule has 0 N–H and O–H groups in total. The molecule has 5 heteroatoms. The standard InChI is InChI=1S/C28H39N3O2/c1-3-4-10-27-26(20-11-15-24(16-12-20)32-23-8-6-5-7-9-23)19-28(30-29-27)33-25-17-21-13-14-22(18-25)31(21)2/h11-12,15-16,19,21-23,25H,3-10,13-14,17-18H2,1-2H3/t21-,22+,25?. The van der Waals surface area contributed by atoms with Crippen molar-refractivity contribution in [3.05, 3.63) is 36.0 Å². The van der Waals surface area contributed by atoms with Crippen molar-refractivity contribution in [2.45, 2.75) is 108 Å². The molecule has 5 rings (SSSR count). The van der Waals surface area contributed by atoms with E-state index >= 15 is 0 Å². The minimum absolute atomic E-state index is 0.244. The molecular formula is C28H39N3O2. The van der Waals surface area contributed by atoms with Gasteiger partial charge < -0.3 is 14.4 Å². The maximum absolute atomic E-state index is 6.41. The number of hydrogen-bond acceptors (Lipinski definition) is 5. The first-order chi connectivity index (χ1) is 16.2. The van der Waals surface area contributed by atoms with Gasteiger partial charge in [0.1, 0.15) is 11.9 Å². The highest BCUT2D eigenvalue weighted by atomic mass is 16.5. The third-order valence-corrected chi connectivity index (χ3v) is 7.98. The molecule has 5 nitrogen and oxygen atoms in total. The van der Waals surface area contributed by atoms with Gasteiger partial charge in [-0.2, -0.15) is 5.10 Å². The molecule has 1 aromatic carbocycles. The van der Waals surface area contributed by atoms with Crippen molar-refractivity contribution in [1.82, 2.24) is 15.1 Å². The molecule has 0 radical (unpaired) electrons. The Hall–Kier alpha value is -2.14. The Kier molecular flexibility index (Phi) is 7.15. The van der Waals surface area contributed by atoms with Crippen LogP contribution in [0.5, 0.6) is 11.6 Å². The summed E-state index contributed by atoms with van der Waals surface area (Å²) in [6.45, 7) is 2.22. The van der Waals surface area contributed by atoms with Gasteiger partial charge in [0.15, 0.2) is 0 Å². The van der Waals surface area contributed by atoms with E-state index in [1.54, 1.807) is 0 Å². The molecule has 1 saturated carbocycles. The maximum Gasteiger partial charge on any atom is 0.234 e. The fraction of sp³-hybridized carbons (Fsp3) is 0.643. The van der Waals surface area contributed by atoms with E-state index in [-0.39, 0.29) is 6.10 Å². The molecule has 33 heavy (non-hydrogen) atoms. The molecular weight excluding hydrogens is 410 g/mol. The normalized spacial score (nSPS) is 25.8. The number of hydrogen-bond donors (Lipinski definition) is 0. The highest BCUT2D eigenvalue weighted by Crippen LogP contribution is 2.36. The van der Waals surface area contributed by atoms with Crippen molar-refractivity contribution < 1.29 is 9.47 Å². The molecule has 1 aromatic heterocycles. The molecule has 2 bridgehead atoms. The van der Waals surface area contributed by atoms with Crippen molar-refractivity contribution in [2.75, 3.05) is 7.05 Å². The van der Waals surface area contributed by atoms with Gasteiger partial charge in [-0.25, -0.2) is 0 Å². The van der Waals surface area contributed by atoms with Gasteiger partial charge in [0.2, 0.25) is 5.88 Å². The zero-order valence-corrected chi connectivity index (χ0v) is 20.3. The number of rotatable bonds is 8. The largest absolute Gasteiger partial charge is 0.490 e. The topological polar surface area (TPSA) is 47.5 Å². The number of unbranched alkanes of at least 4 members (excludes halogenated alkanes) is 1. The van der Waals surface area contributed by atoms with Crippen LogP contribution < -0.4 is 9.47 Å². The molecule has 2 aromatic rings. The van der Waals surface area contributed by atoms with Crippen molar-refractivity contribution in [1.29, 1.82) is 0 Å². The molecule has 1 unspecified atom stereocenters. The molecule has 178 valence electrons. The maximum atomic E-state index is 6.41. The lowest BCUT2D eigenvalue weighted by Crippen LogP contribution is -2.43. The average Bonchev–Trinajstić information content (AvgIpc) is 3.04. The summed E-state index contributed by atoms with van der Waals surface area (Å²) in [7, 11) is 2.26. The zero-order valence-electron chi connectivity index (χ0n) is 20.3. The van der Waals surface area contributed by atoms with Crippen molar-refractivity contribution in [3.8, 4) is 22.8 Å². The predicted molar refractivity (Wildman–Crippen MR) is 132 cm³/mol. The molecule has 3 aliphatic rings. The van der Waals surface area contributed by atoms with Crippen LogP contribution in [0, 0.1) is 0 Å². The van der Waals surface area contributed by atoms with E-state index in [0.29, 0.717) is 24.1 Å². The minimum atomic E-state index is 0.244. The average molecular weight is 450 g/mol. The SMILES string of the molecule is CCCCc1nnc(OC2C[C@H]3CC[C@@H](C2)N3C)cc1-c1ccc(OC2CCCCC2)cc1. The van der Waals surface area contributed by atoms with Crippen molar-refractivity contribution >= 4 is 0 Å². The van der Waals surface area contributed by atoms with E-state index in [9.17, 15) is 0 Å². The minimum Gasteiger partial charge on any atom is -0.490 e. The Labute approximate surface area is 198 Å². The lowest BCUT2D eigenvalue weighted by atomic mass is 9.97. The van der Waals surface area contributed by atoms with Crippen molar-refractivity contribution in [3.63, 3.8) is 0 Å². The summed E-state index contributed by atoms with van der Waals surface area (Å²) in [6, 6.07) is 12.0. The summed E-state index contributed by atoms with van der Waals surface area (Å²) >= 11 is 0. The van der Waals surface area contributed by atoms with Gasteiger partial charge in [-0.1, -0.05) is 31.9 Å². The van der Waals surface area contributed by atoms with Crippen LogP contribution in [0.15, 0.2) is 30.3 Å². The molecule has 0 spiro atoms. The molecule has 3 heterocycles. The molecule has 3 fully saturated rings. The number of ether oxygens (including phenoxy) is 2. The Morgan fingerprint density at radius 1 is 0.879 bits per heavy atom. The lowest BCUT2D eigenvalue weighted by molar-refractivity contribution is 0.0626. The quantitative estimate of drug-likeness (QED) is 0.480. The zero-order chi connectivity index (χ0) is 22.6. The highest BCUT2D eigenvalue weighted by molar-refractivity contribution is 5.67. The Morgan fingerprint density at radius 3 is 2.30 bits per heavy atom. The van der Waals surface area contributed by atoms with Crippen LogP contribution in [-0.4, -0.2) is 46.4 Å². The second-order valence-electron chi connectivity index (χ2n) is 10.3. The Bertz CT molecular complexity index is 896. The number of benzene rings is 1. The number of aromatic nitrogens is 2. The van der Waals surface area contributed by atoms with Crippen molar-refractivity contribution in [2.24, 2.45) is 0 Å². The van der Waals surface area contributed by atoms with E-state index in [1.165, 1.54) is 50.5 Å². The third-order valence-electron chi connectivity index (χ3n) is 7.98. The highest BCUT2D eigenvalue weighted by Gasteiger charge is 2.39. The van der Waals surface area contributed by atoms with Gasteiger partial charge in [0.05, 0.1) is 11.8 Å². The first-order valence-electron chi connectivity index (χ1n) is 13.2. The third kappa shape index (κ3) is 5.34. The van der Waals surface area contributed by atoms with Crippen LogP contribution in [0.1, 0.15) is 83.2 Å². The Morgan fingerprint density at radius 2 is 1.61 bits per heavy atom. The second kappa shape index (κ2) is 10.4. The number of aryl methyl sites for hydroxylation is 1. The monoisotopic (exact) mass is 449 g/mol. The number of fused-ring (bicyclic) bond motifs is 2. The summed E-state index contributed by atoms with van der Waals surface area (Å²) in [5.41, 5.74) is 3.38. The van der Waals surface area contributed by atoms with Gasteiger partial charge >= 0.3 is 0 Å². The Balaban J connectivity index is 1.32. The summed E-state index contributed by atoms with van der Waals surface area (Å²) < 4.78 is 12.6. The summed E-state index contributed by atoms with van der Waals surface area (Å²) in [5, 5.41) is 9.11. The summed E-state index contributed by atoms with van der Waals surface area (Å²) in [4.78, 5) is 2.54. The van der Waals surface area contributed by atoms with Crippen LogP contribution in [0.3, 0.4) is 0 Å². The number of nitrogens with zero attached hydrogens (tertiary/aromatic N) is 3. The van der Waals surface area contributed by atoms with Gasteiger partial charge in [-0.3, -0.25) is 0 Å². The number of piperidine rings is 1. The van der Waals surface area contributed by atoms with E-state index in [2.05, 4.69) is 59.4 Å². The summed E-state index contributed by atoms with van der Waals surface area (Å²) in [6.07, 6.45) is 14.9. The van der Waals surface area contributed by atoms with E-state index < -0.39 is 0 Å². The van der Waals surface area contributed by atoms with Crippen LogP contribution in [0.4, 0.5) is 0 Å². The molecule has 2 aliphatic heterocycles. The van der Waals surface area contributed by atoms with Gasteiger partial charge in [-0.15, -0.1) is 5.10 Å². The molecule has 1 aliphatic carbocycles. The fourth-order valence-electron chi connectivity index (χ4n) is 5.95. The van der Waals surface area contributed by atoms with Crippen LogP contribution in [0.2, 0.25) is 0 Å². The second-order valence-corrected chi connectivity index (χ2v) is 10.3. The molecule has 3 atom stereocenters. The van der Waals surface area contributed by atoms with Crippen LogP contribution >= 0.6 is 0 Å². The smallest absolute Gasteiger partial charge is 0.234 e. The lowest BCUT2D eigenvalue weighted by Gasteiger charge is -2.36. The predicted octanol–water partition coefficient (Wildman–Crippen LogP) is 6.20. The van der Waals surface area contributed by atoms with Crippen LogP contribution in [0.25, 0.3) is 11.1 Å². The van der Waals surface area contributed by atoms with Gasteiger partial charge in [0, 0.05) is 23.7 Å². The van der Waals surface area contributed by atoms with E-state index in [4.69, 9.17) is 9.47 Å². The van der Waals surface area contributed by atoms with E-state index in [1.807, 2.05) is 0 Å².